The van der Waals surface area contributed by atoms with E-state index in [0.717, 1.165) is 32.1 Å². The van der Waals surface area contributed by atoms with Gasteiger partial charge in [-0.2, -0.15) is 0 Å². The third-order valence-electron chi connectivity index (χ3n) is 10.6. The monoisotopic (exact) mass is 860 g/mol. The van der Waals surface area contributed by atoms with E-state index in [0.29, 0.717) is 24.8 Å². The van der Waals surface area contributed by atoms with E-state index in [9.17, 15) is 48.9 Å². The average molecular weight is 861 g/mol. The molecule has 1 aromatic rings. The third kappa shape index (κ3) is 19.6. The number of benzene rings is 1. The van der Waals surface area contributed by atoms with Gasteiger partial charge in [0.05, 0.1) is 31.2 Å². The number of nitrogens with two attached hydrogens (primary N) is 1. The van der Waals surface area contributed by atoms with Crippen molar-refractivity contribution in [3.8, 4) is 0 Å². The first-order valence-electron chi connectivity index (χ1n) is 21.3. The zero-order valence-electron chi connectivity index (χ0n) is 35.7. The minimum Gasteiger partial charge on any atom is -0.459 e. The molecule has 18 nitrogen and oxygen atoms in total. The molecule has 0 aromatic heterocycles. The van der Waals surface area contributed by atoms with Crippen LogP contribution in [0, 0.1) is 5.92 Å². The number of carbonyl (C=O) groups is 7. The van der Waals surface area contributed by atoms with Crippen molar-refractivity contribution >= 4 is 41.4 Å². The number of nitrogens with one attached hydrogen (secondary N) is 5. The van der Waals surface area contributed by atoms with Crippen molar-refractivity contribution in [2.45, 2.75) is 159 Å². The number of primary amides is 1. The van der Waals surface area contributed by atoms with Crippen molar-refractivity contribution in [3.05, 3.63) is 48.0 Å². The van der Waals surface area contributed by atoms with Crippen LogP contribution < -0.4 is 32.3 Å². The van der Waals surface area contributed by atoms with E-state index in [1.54, 1.807) is 44.2 Å². The summed E-state index contributed by atoms with van der Waals surface area (Å²) in [6.07, 6.45) is 4.40. The Balaban J connectivity index is 2.51. The molecule has 18 heteroatoms. The highest BCUT2D eigenvalue weighted by atomic mass is 16.6. The number of allylic oxidation sites excluding steroid dienone is 2. The molecule has 1 aliphatic heterocycles. The summed E-state index contributed by atoms with van der Waals surface area (Å²) in [6, 6.07) is 1.86. The summed E-state index contributed by atoms with van der Waals surface area (Å²) in [7, 11) is 0. The molecule has 1 aliphatic rings. The van der Waals surface area contributed by atoms with Crippen LogP contribution in [0.15, 0.2) is 42.5 Å². The van der Waals surface area contributed by atoms with Crippen LogP contribution in [-0.2, 0) is 38.3 Å². The predicted molar refractivity (Wildman–Crippen MR) is 225 cm³/mol. The largest absolute Gasteiger partial charge is 0.459 e. The Labute approximate surface area is 358 Å². The fraction of sp³-hybridized carbons (Fsp3) is 0.651. The maximum Gasteiger partial charge on any atom is 0.308 e. The molecule has 9 atom stereocenters. The second-order valence-electron chi connectivity index (χ2n) is 15.7. The zero-order chi connectivity index (χ0) is 45.3. The van der Waals surface area contributed by atoms with Crippen LogP contribution in [0.25, 0.3) is 0 Å². The summed E-state index contributed by atoms with van der Waals surface area (Å²) in [4.78, 5) is 93.6. The minimum atomic E-state index is -2.00. The Morgan fingerprint density at radius 3 is 2.03 bits per heavy atom. The van der Waals surface area contributed by atoms with Crippen molar-refractivity contribution in [1.29, 1.82) is 0 Å². The number of ether oxygens (including phenoxy) is 1. The summed E-state index contributed by atoms with van der Waals surface area (Å²) < 4.78 is 5.81. The smallest absolute Gasteiger partial charge is 0.308 e. The zero-order valence-corrected chi connectivity index (χ0v) is 35.7. The van der Waals surface area contributed by atoms with Crippen LogP contribution in [0.4, 0.5) is 0 Å². The Hall–Kier alpha value is -4.91. The number of hydrogen-bond acceptors (Lipinski definition) is 12. The van der Waals surface area contributed by atoms with Crippen LogP contribution in [0.3, 0.4) is 0 Å². The maximum atomic E-state index is 14.0. The standard InChI is InChI=1S/C43H68N6O12/c1-4-5-6-7-8-9-10-12-16-27(2)39-38(56)43(60)49-33(26-51)42(59)47-31(21-23-36(54)45-28(3)34(52)19-15-24-50)40(57)46-30(20-22-35(44)53)41(58)48-32(25-37(55)61-39)29-17-13-11-14-18-29/h4-5,11,13-14,17-18,27-28,30-34,38-39,50-52,56H,6-10,12,15-16,19-26H2,1-3H3,(H2,44,53)(H,45,54)(H,46,57)(H,47,59)(H,48,58)(H,49,60)/t27?,28?,30-,31-,32-,33+,34?,38?,39?/m0/s1. The molecule has 6 amide bonds. The number of amides is 6. The molecule has 0 spiro atoms. The van der Waals surface area contributed by atoms with E-state index < -0.39 is 109 Å². The summed E-state index contributed by atoms with van der Waals surface area (Å²) in [5, 5.41) is 53.6. The molecule has 1 fully saturated rings. The van der Waals surface area contributed by atoms with E-state index in [2.05, 4.69) is 32.7 Å². The number of hydrogen-bond donors (Lipinski definition) is 10. The molecule has 342 valence electrons. The molecule has 0 aliphatic carbocycles. The van der Waals surface area contributed by atoms with E-state index in [-0.39, 0.29) is 38.7 Å². The number of rotatable bonds is 22. The average Bonchev–Trinajstić information content (AvgIpc) is 3.23. The Morgan fingerprint density at radius 1 is 0.820 bits per heavy atom. The quantitative estimate of drug-likeness (QED) is 0.0436. The Morgan fingerprint density at radius 2 is 1.41 bits per heavy atom. The van der Waals surface area contributed by atoms with Crippen LogP contribution in [0.2, 0.25) is 0 Å². The molecule has 5 unspecified atom stereocenters. The van der Waals surface area contributed by atoms with Crippen LogP contribution in [0.5, 0.6) is 0 Å². The third-order valence-corrected chi connectivity index (χ3v) is 10.6. The van der Waals surface area contributed by atoms with Crippen molar-refractivity contribution in [1.82, 2.24) is 26.6 Å². The Bertz CT molecular complexity index is 1580. The lowest BCUT2D eigenvalue weighted by Gasteiger charge is -2.30. The van der Waals surface area contributed by atoms with Crippen LogP contribution in [0.1, 0.15) is 122 Å². The number of carbonyl (C=O) groups excluding carboxylic acids is 7. The van der Waals surface area contributed by atoms with Crippen LogP contribution in [-0.4, -0.2) is 118 Å². The number of unbranched alkanes of at least 4 members (excludes halogenated alkanes) is 5. The Kier molecular flexibility index (Phi) is 24.5. The first-order valence-corrected chi connectivity index (χ1v) is 21.3. The van der Waals surface area contributed by atoms with E-state index >= 15 is 0 Å². The molecular formula is C43H68N6O12. The minimum absolute atomic E-state index is 0.155. The molecule has 1 heterocycles. The highest BCUT2D eigenvalue weighted by Crippen LogP contribution is 2.24. The number of cyclic esters (lactones) is 1. The molecule has 61 heavy (non-hydrogen) atoms. The number of aliphatic hydroxyl groups is 4. The molecule has 0 radical (unpaired) electrons. The van der Waals surface area contributed by atoms with Gasteiger partial charge >= 0.3 is 5.97 Å². The normalized spacial score (nSPS) is 23.7. The van der Waals surface area contributed by atoms with Gasteiger partial charge in [-0.05, 0) is 70.3 Å². The highest BCUT2D eigenvalue weighted by molar-refractivity contribution is 5.95. The van der Waals surface area contributed by atoms with Gasteiger partial charge in [-0.15, -0.1) is 0 Å². The maximum absolute atomic E-state index is 14.0. The first-order chi connectivity index (χ1) is 29.1. The van der Waals surface area contributed by atoms with Gasteiger partial charge in [-0.25, -0.2) is 0 Å². The lowest BCUT2D eigenvalue weighted by molar-refractivity contribution is -0.164. The molecule has 0 saturated carbocycles. The molecule has 2 rings (SSSR count). The van der Waals surface area contributed by atoms with Crippen molar-refractivity contribution < 1.29 is 58.7 Å². The van der Waals surface area contributed by atoms with Gasteiger partial charge in [-0.1, -0.05) is 75.1 Å². The predicted octanol–water partition coefficient (Wildman–Crippen LogP) is 0.594. The second-order valence-corrected chi connectivity index (χ2v) is 15.7. The lowest BCUT2D eigenvalue weighted by Crippen LogP contribution is -2.59. The topological polar surface area (TPSA) is 296 Å². The number of esters is 1. The molecule has 1 aromatic carbocycles. The fourth-order valence-corrected chi connectivity index (χ4v) is 6.88. The second kappa shape index (κ2) is 28.6. The molecule has 11 N–H and O–H groups in total. The summed E-state index contributed by atoms with van der Waals surface area (Å²) in [5.74, 6) is -6.86. The van der Waals surface area contributed by atoms with Gasteiger partial charge in [-0.3, -0.25) is 33.6 Å². The van der Waals surface area contributed by atoms with Gasteiger partial charge in [0, 0.05) is 19.4 Å². The van der Waals surface area contributed by atoms with Crippen molar-refractivity contribution in [3.63, 3.8) is 0 Å². The van der Waals surface area contributed by atoms with Gasteiger partial charge in [0.2, 0.25) is 29.5 Å². The van der Waals surface area contributed by atoms with Gasteiger partial charge in [0.25, 0.3) is 5.91 Å². The summed E-state index contributed by atoms with van der Waals surface area (Å²) in [6.45, 7) is 4.10. The first kappa shape index (κ1) is 52.2. The summed E-state index contributed by atoms with van der Waals surface area (Å²) >= 11 is 0. The molecule has 1 saturated heterocycles. The van der Waals surface area contributed by atoms with E-state index in [4.69, 9.17) is 15.6 Å². The van der Waals surface area contributed by atoms with Gasteiger partial charge in [0.15, 0.2) is 6.10 Å². The SMILES string of the molecule is CC=CCCCCCCCC(C)C1OC(=O)C[C@@H](c2ccccc2)NC(=O)[C@H](CCC(N)=O)NC(=O)[C@H](CCC(=O)NC(C)C(O)CCCO)NC(=O)[C@@H](CO)NC(=O)C1O. The van der Waals surface area contributed by atoms with Gasteiger partial charge in [0.1, 0.15) is 24.2 Å². The van der Waals surface area contributed by atoms with E-state index in [1.807, 2.05) is 13.0 Å². The van der Waals surface area contributed by atoms with Crippen molar-refractivity contribution in [2.75, 3.05) is 13.2 Å². The highest BCUT2D eigenvalue weighted by Gasteiger charge is 2.38. The lowest BCUT2D eigenvalue weighted by atomic mass is 9.92. The molecular weight excluding hydrogens is 793 g/mol. The van der Waals surface area contributed by atoms with Crippen LogP contribution >= 0.6 is 0 Å². The number of aliphatic hydroxyl groups excluding tert-OH is 4. The fourth-order valence-electron chi connectivity index (χ4n) is 6.88. The molecule has 0 bridgehead atoms. The summed E-state index contributed by atoms with van der Waals surface area (Å²) in [5.41, 5.74) is 5.87. The van der Waals surface area contributed by atoms with Crippen molar-refractivity contribution in [2.24, 2.45) is 11.7 Å². The van der Waals surface area contributed by atoms with E-state index in [1.165, 1.54) is 0 Å². The van der Waals surface area contributed by atoms with Gasteiger partial charge < -0.3 is 57.5 Å².